The SMILES string of the molecule is Cl.NC(=O)c1ncn([C@@H]2O[C@H](CO)[C@@H](O)[C@H]2O)n1. The summed E-state index contributed by atoms with van der Waals surface area (Å²) in [5.41, 5.74) is 4.97. The molecule has 0 aliphatic carbocycles. The number of primary amides is 1. The van der Waals surface area contributed by atoms with Crippen molar-refractivity contribution in [2.24, 2.45) is 5.73 Å². The van der Waals surface area contributed by atoms with Gasteiger partial charge in [0.1, 0.15) is 24.6 Å². The molecule has 2 rings (SSSR count). The Morgan fingerprint density at radius 2 is 2.17 bits per heavy atom. The summed E-state index contributed by atoms with van der Waals surface area (Å²) in [5, 5.41) is 31.8. The second kappa shape index (κ2) is 5.59. The fourth-order valence-corrected chi connectivity index (χ4v) is 1.61. The number of nitrogens with zero attached hydrogens (tertiary/aromatic N) is 3. The highest BCUT2D eigenvalue weighted by Gasteiger charge is 2.43. The highest BCUT2D eigenvalue weighted by atomic mass is 35.5. The Morgan fingerprint density at radius 3 is 2.61 bits per heavy atom. The van der Waals surface area contributed by atoms with E-state index < -0.39 is 37.1 Å². The van der Waals surface area contributed by atoms with Crippen LogP contribution in [0.1, 0.15) is 16.8 Å². The number of hydrogen-bond acceptors (Lipinski definition) is 7. The van der Waals surface area contributed by atoms with Crippen LogP contribution in [0.25, 0.3) is 0 Å². The van der Waals surface area contributed by atoms with Crippen LogP contribution >= 0.6 is 12.4 Å². The zero-order valence-corrected chi connectivity index (χ0v) is 9.90. The molecular formula is C8H13ClN4O5. The maximum Gasteiger partial charge on any atom is 0.288 e. The van der Waals surface area contributed by atoms with Crippen LogP contribution in [0.2, 0.25) is 0 Å². The number of halogens is 1. The van der Waals surface area contributed by atoms with Gasteiger partial charge >= 0.3 is 0 Å². The zero-order chi connectivity index (χ0) is 12.6. The fourth-order valence-electron chi connectivity index (χ4n) is 1.61. The van der Waals surface area contributed by atoms with Gasteiger partial charge in [0.2, 0.25) is 5.82 Å². The van der Waals surface area contributed by atoms with E-state index in [4.69, 9.17) is 15.6 Å². The van der Waals surface area contributed by atoms with E-state index in [1.165, 1.54) is 0 Å². The minimum absolute atomic E-state index is 0. The summed E-state index contributed by atoms with van der Waals surface area (Å²) >= 11 is 0. The van der Waals surface area contributed by atoms with Crippen molar-refractivity contribution < 1.29 is 24.9 Å². The average Bonchev–Trinajstić information content (AvgIpc) is 2.87. The lowest BCUT2D eigenvalue weighted by Gasteiger charge is -2.13. The third-order valence-electron chi connectivity index (χ3n) is 2.51. The van der Waals surface area contributed by atoms with Crippen LogP contribution in [0.3, 0.4) is 0 Å². The van der Waals surface area contributed by atoms with Gasteiger partial charge in [0.05, 0.1) is 6.61 Å². The molecule has 0 unspecified atom stereocenters. The van der Waals surface area contributed by atoms with E-state index in [0.717, 1.165) is 11.0 Å². The molecular weight excluding hydrogens is 268 g/mol. The minimum Gasteiger partial charge on any atom is -0.394 e. The van der Waals surface area contributed by atoms with Gasteiger partial charge in [-0.25, -0.2) is 9.67 Å². The van der Waals surface area contributed by atoms with Crippen molar-refractivity contribution in [1.82, 2.24) is 14.8 Å². The van der Waals surface area contributed by atoms with Crippen molar-refractivity contribution in [3.8, 4) is 0 Å². The normalized spacial score (nSPS) is 31.1. The summed E-state index contributed by atoms with van der Waals surface area (Å²) in [7, 11) is 0. The van der Waals surface area contributed by atoms with Crippen LogP contribution in [0.15, 0.2) is 6.33 Å². The molecule has 0 radical (unpaired) electrons. The molecule has 1 aromatic heterocycles. The van der Waals surface area contributed by atoms with Gasteiger partial charge in [-0.1, -0.05) is 0 Å². The number of aliphatic hydroxyl groups excluding tert-OH is 3. The molecule has 1 aromatic rings. The second-order valence-electron chi connectivity index (χ2n) is 3.64. The molecule has 18 heavy (non-hydrogen) atoms. The highest BCUT2D eigenvalue weighted by molar-refractivity contribution is 5.88. The summed E-state index contributed by atoms with van der Waals surface area (Å²) in [4.78, 5) is 14.4. The second-order valence-corrected chi connectivity index (χ2v) is 3.64. The molecule has 9 nitrogen and oxygen atoms in total. The van der Waals surface area contributed by atoms with Crippen molar-refractivity contribution in [2.45, 2.75) is 24.5 Å². The Labute approximate surface area is 108 Å². The number of aliphatic hydroxyl groups is 3. The number of nitrogens with two attached hydrogens (primary N) is 1. The largest absolute Gasteiger partial charge is 0.394 e. The van der Waals surface area contributed by atoms with E-state index in [1.54, 1.807) is 0 Å². The molecule has 1 aliphatic heterocycles. The summed E-state index contributed by atoms with van der Waals surface area (Å²) in [5.74, 6) is -1.03. The highest BCUT2D eigenvalue weighted by Crippen LogP contribution is 2.28. The molecule has 0 aromatic carbocycles. The number of ether oxygens (including phenoxy) is 1. The van der Waals surface area contributed by atoms with Gasteiger partial charge in [0, 0.05) is 0 Å². The molecule has 1 amide bonds. The van der Waals surface area contributed by atoms with Gasteiger partial charge in [-0.05, 0) is 0 Å². The van der Waals surface area contributed by atoms with Crippen LogP contribution in [-0.4, -0.2) is 60.9 Å². The predicted molar refractivity (Wildman–Crippen MR) is 58.8 cm³/mol. The smallest absolute Gasteiger partial charge is 0.288 e. The summed E-state index contributed by atoms with van der Waals surface area (Å²) < 4.78 is 6.25. The molecule has 2 heterocycles. The Morgan fingerprint density at radius 1 is 1.50 bits per heavy atom. The first-order valence-corrected chi connectivity index (χ1v) is 4.88. The van der Waals surface area contributed by atoms with Crippen LogP contribution in [0.4, 0.5) is 0 Å². The van der Waals surface area contributed by atoms with Crippen molar-refractivity contribution >= 4 is 18.3 Å². The zero-order valence-electron chi connectivity index (χ0n) is 9.08. The Kier molecular flexibility index (Phi) is 4.59. The van der Waals surface area contributed by atoms with E-state index in [0.29, 0.717) is 0 Å². The van der Waals surface area contributed by atoms with Gasteiger partial charge in [-0.3, -0.25) is 4.79 Å². The molecule has 1 aliphatic rings. The average molecular weight is 281 g/mol. The maximum atomic E-state index is 10.8. The molecule has 4 atom stereocenters. The molecule has 10 heteroatoms. The molecule has 0 spiro atoms. The number of aromatic nitrogens is 3. The number of hydrogen-bond donors (Lipinski definition) is 4. The Balaban J connectivity index is 0.00000162. The van der Waals surface area contributed by atoms with Crippen molar-refractivity contribution in [3.05, 3.63) is 12.2 Å². The predicted octanol–water partition coefficient (Wildman–Crippen LogP) is -2.59. The van der Waals surface area contributed by atoms with Gasteiger partial charge in [-0.15, -0.1) is 17.5 Å². The number of carbonyl (C=O) groups excluding carboxylic acids is 1. The molecule has 1 fully saturated rings. The molecule has 0 bridgehead atoms. The Hall–Kier alpha value is -1.26. The topological polar surface area (TPSA) is 144 Å². The lowest BCUT2D eigenvalue weighted by atomic mass is 10.1. The monoisotopic (exact) mass is 280 g/mol. The first kappa shape index (κ1) is 14.8. The summed E-state index contributed by atoms with van der Waals surface area (Å²) in [6.07, 6.45) is -3.26. The maximum absolute atomic E-state index is 10.8. The standard InChI is InChI=1S/C8H12N4O5.ClH/c9-6(16)7-10-2-12(11-7)8-5(15)4(14)3(1-13)17-8;/h2-5,8,13-15H,1H2,(H2,9,16);1H/t3-,4-,5-,8-;/m1./s1. The van der Waals surface area contributed by atoms with Crippen molar-refractivity contribution in [2.75, 3.05) is 6.61 Å². The van der Waals surface area contributed by atoms with Crippen LogP contribution in [0, 0.1) is 0 Å². The lowest BCUT2D eigenvalue weighted by Crippen LogP contribution is -2.33. The summed E-state index contributed by atoms with van der Waals surface area (Å²) in [6.45, 7) is -0.438. The molecule has 5 N–H and O–H groups in total. The van der Waals surface area contributed by atoms with E-state index in [2.05, 4.69) is 10.1 Å². The van der Waals surface area contributed by atoms with Gasteiger partial charge < -0.3 is 25.8 Å². The summed E-state index contributed by atoms with van der Waals surface area (Å²) in [6, 6.07) is 0. The van der Waals surface area contributed by atoms with Crippen LogP contribution < -0.4 is 5.73 Å². The van der Waals surface area contributed by atoms with Crippen LogP contribution in [-0.2, 0) is 4.74 Å². The molecule has 102 valence electrons. The van der Waals surface area contributed by atoms with E-state index in [9.17, 15) is 15.0 Å². The van der Waals surface area contributed by atoms with Crippen molar-refractivity contribution in [1.29, 1.82) is 0 Å². The van der Waals surface area contributed by atoms with Gasteiger partial charge in [0.25, 0.3) is 5.91 Å². The number of amides is 1. The number of rotatable bonds is 3. The number of carbonyl (C=O) groups is 1. The molecule has 0 saturated carbocycles. The first-order chi connectivity index (χ1) is 8.04. The van der Waals surface area contributed by atoms with Gasteiger partial charge in [0.15, 0.2) is 6.23 Å². The molecule has 1 saturated heterocycles. The van der Waals surface area contributed by atoms with Gasteiger partial charge in [-0.2, -0.15) is 0 Å². The van der Waals surface area contributed by atoms with E-state index in [-0.39, 0.29) is 18.2 Å². The van der Waals surface area contributed by atoms with Crippen LogP contribution in [0.5, 0.6) is 0 Å². The third-order valence-corrected chi connectivity index (χ3v) is 2.51. The third kappa shape index (κ3) is 2.44. The van der Waals surface area contributed by atoms with E-state index >= 15 is 0 Å². The lowest BCUT2D eigenvalue weighted by molar-refractivity contribution is -0.0588. The van der Waals surface area contributed by atoms with Crippen molar-refractivity contribution in [3.63, 3.8) is 0 Å². The first-order valence-electron chi connectivity index (χ1n) is 4.88. The minimum atomic E-state index is -1.27. The quantitative estimate of drug-likeness (QED) is 0.475. The Bertz CT molecular complexity index is 427. The fraction of sp³-hybridized carbons (Fsp3) is 0.625. The van der Waals surface area contributed by atoms with E-state index in [1.807, 2.05) is 0 Å².